The van der Waals surface area contributed by atoms with Crippen LogP contribution in [0.25, 0.3) is 0 Å². The molecule has 0 aromatic rings. The molecule has 0 radical (unpaired) electrons. The van der Waals surface area contributed by atoms with Gasteiger partial charge in [-0.2, -0.15) is 0 Å². The molecule has 22 heavy (non-hydrogen) atoms. The Kier molecular flexibility index (Phi) is 16.9. The van der Waals surface area contributed by atoms with Crippen molar-refractivity contribution in [3.63, 3.8) is 0 Å². The molecule has 0 aromatic carbocycles. The van der Waals surface area contributed by atoms with E-state index < -0.39 is 0 Å². The summed E-state index contributed by atoms with van der Waals surface area (Å²) in [6, 6.07) is 0. The van der Waals surface area contributed by atoms with E-state index in [1.807, 2.05) is 0 Å². The quantitative estimate of drug-likeness (QED) is 0.180. The number of esters is 1. The highest BCUT2D eigenvalue weighted by atomic mass is 35.5. The maximum atomic E-state index is 11.0. The lowest BCUT2D eigenvalue weighted by molar-refractivity contribution is -0.140. The highest BCUT2D eigenvalue weighted by Crippen LogP contribution is 2.18. The Morgan fingerprint density at radius 2 is 1.27 bits per heavy atom. The molecule has 0 aliphatic heterocycles. The van der Waals surface area contributed by atoms with E-state index in [1.54, 1.807) is 0 Å². The van der Waals surface area contributed by atoms with E-state index >= 15 is 0 Å². The lowest BCUT2D eigenvalue weighted by Crippen LogP contribution is -2.00. The summed E-state index contributed by atoms with van der Waals surface area (Å²) in [6.07, 6.45) is 18.2. The summed E-state index contributed by atoms with van der Waals surface area (Å²) in [4.78, 5) is 11.0. The highest BCUT2D eigenvalue weighted by molar-refractivity contribution is 6.20. The number of rotatable bonds is 16. The summed E-state index contributed by atoms with van der Waals surface area (Å²) in [5, 5.41) is 0.348. The molecule has 0 fully saturated rings. The van der Waals surface area contributed by atoms with Crippen LogP contribution in [0.4, 0.5) is 0 Å². The monoisotopic (exact) mass is 332 g/mol. The van der Waals surface area contributed by atoms with Crippen LogP contribution in [0.2, 0.25) is 0 Å². The molecule has 0 aromatic heterocycles. The van der Waals surface area contributed by atoms with Crippen molar-refractivity contribution in [1.82, 2.24) is 0 Å². The molecule has 0 aliphatic rings. The fraction of sp³-hybridized carbons (Fsp3) is 0.947. The van der Waals surface area contributed by atoms with E-state index in [-0.39, 0.29) is 5.97 Å². The zero-order valence-electron chi connectivity index (χ0n) is 14.9. The topological polar surface area (TPSA) is 26.3 Å². The van der Waals surface area contributed by atoms with Crippen molar-refractivity contribution in [2.75, 3.05) is 7.11 Å². The van der Waals surface area contributed by atoms with Gasteiger partial charge in [0.25, 0.3) is 0 Å². The second-order valence-electron chi connectivity index (χ2n) is 6.39. The summed E-state index contributed by atoms with van der Waals surface area (Å²) in [5.74, 6) is -0.0927. The van der Waals surface area contributed by atoms with Crippen molar-refractivity contribution in [1.29, 1.82) is 0 Å². The van der Waals surface area contributed by atoms with Gasteiger partial charge in [0.2, 0.25) is 0 Å². The summed E-state index contributed by atoms with van der Waals surface area (Å²) in [5.41, 5.74) is 0. The lowest BCUT2D eigenvalue weighted by Gasteiger charge is -2.09. The Hall–Kier alpha value is -0.240. The van der Waals surface area contributed by atoms with Gasteiger partial charge in [-0.25, -0.2) is 0 Å². The zero-order valence-corrected chi connectivity index (χ0v) is 15.6. The van der Waals surface area contributed by atoms with Crippen molar-refractivity contribution in [3.8, 4) is 0 Å². The van der Waals surface area contributed by atoms with E-state index in [0.29, 0.717) is 11.8 Å². The number of alkyl halides is 1. The minimum absolute atomic E-state index is 0.0927. The largest absolute Gasteiger partial charge is 0.469 e. The maximum Gasteiger partial charge on any atom is 0.305 e. The van der Waals surface area contributed by atoms with Gasteiger partial charge in [-0.3, -0.25) is 4.79 Å². The molecule has 0 spiro atoms. The first-order valence-corrected chi connectivity index (χ1v) is 9.85. The first-order chi connectivity index (χ1) is 10.7. The van der Waals surface area contributed by atoms with E-state index in [4.69, 9.17) is 11.6 Å². The Balaban J connectivity index is 3.19. The van der Waals surface area contributed by atoms with Crippen LogP contribution in [0.5, 0.6) is 0 Å². The number of carbonyl (C=O) groups excluding carboxylic acids is 1. The van der Waals surface area contributed by atoms with E-state index in [2.05, 4.69) is 11.7 Å². The first kappa shape index (κ1) is 21.8. The van der Waals surface area contributed by atoms with Crippen LogP contribution in [0, 0.1) is 0 Å². The average molecular weight is 333 g/mol. The van der Waals surface area contributed by atoms with Crippen LogP contribution in [0.1, 0.15) is 103 Å². The van der Waals surface area contributed by atoms with Crippen LogP contribution in [0.15, 0.2) is 0 Å². The number of carbonyl (C=O) groups is 1. The molecule has 0 saturated carbocycles. The van der Waals surface area contributed by atoms with Gasteiger partial charge in [0.1, 0.15) is 0 Å². The van der Waals surface area contributed by atoms with Crippen molar-refractivity contribution < 1.29 is 9.53 Å². The molecule has 1 atom stereocenters. The molecule has 0 rings (SSSR count). The molecular formula is C19H37ClO2. The third-order valence-electron chi connectivity index (χ3n) is 4.25. The zero-order chi connectivity index (χ0) is 16.5. The molecule has 2 nitrogen and oxygen atoms in total. The van der Waals surface area contributed by atoms with Crippen LogP contribution >= 0.6 is 11.6 Å². The fourth-order valence-electron chi connectivity index (χ4n) is 2.73. The average Bonchev–Trinajstić information content (AvgIpc) is 2.52. The number of hydrogen-bond acceptors (Lipinski definition) is 2. The summed E-state index contributed by atoms with van der Waals surface area (Å²) in [6.45, 7) is 2.26. The van der Waals surface area contributed by atoms with Crippen molar-refractivity contribution in [3.05, 3.63) is 0 Å². The van der Waals surface area contributed by atoms with Gasteiger partial charge in [0.05, 0.1) is 7.11 Å². The Bertz CT molecular complexity index is 244. The molecule has 0 saturated heterocycles. The molecular weight excluding hydrogens is 296 g/mol. The molecule has 0 bridgehead atoms. The van der Waals surface area contributed by atoms with Gasteiger partial charge in [-0.1, -0.05) is 77.6 Å². The van der Waals surface area contributed by atoms with E-state index in [0.717, 1.165) is 19.3 Å². The third-order valence-corrected chi connectivity index (χ3v) is 4.68. The van der Waals surface area contributed by atoms with Gasteiger partial charge in [-0.15, -0.1) is 11.6 Å². The molecule has 0 heterocycles. The van der Waals surface area contributed by atoms with Crippen molar-refractivity contribution in [2.45, 2.75) is 109 Å². The fourth-order valence-corrected chi connectivity index (χ4v) is 3.04. The van der Waals surface area contributed by atoms with Gasteiger partial charge >= 0.3 is 5.97 Å². The van der Waals surface area contributed by atoms with Crippen molar-refractivity contribution in [2.24, 2.45) is 0 Å². The summed E-state index contributed by atoms with van der Waals surface area (Å²) >= 11 is 6.37. The number of ether oxygens (including phenoxy) is 1. The van der Waals surface area contributed by atoms with E-state index in [9.17, 15) is 4.79 Å². The molecule has 0 N–H and O–H groups in total. The number of unbranched alkanes of at least 4 members (excludes halogenated alkanes) is 10. The summed E-state index contributed by atoms with van der Waals surface area (Å²) in [7, 11) is 1.45. The lowest BCUT2D eigenvalue weighted by atomic mass is 10.0. The standard InChI is InChI=1S/C19H37ClO2/c1-3-4-5-6-7-8-9-12-15-18(20)16-13-10-11-14-17-19(21)22-2/h18H,3-17H2,1-2H3. The second kappa shape index (κ2) is 17.1. The highest BCUT2D eigenvalue weighted by Gasteiger charge is 2.05. The second-order valence-corrected chi connectivity index (χ2v) is 7.01. The van der Waals surface area contributed by atoms with Crippen LogP contribution in [-0.4, -0.2) is 18.5 Å². The van der Waals surface area contributed by atoms with Gasteiger partial charge in [0, 0.05) is 11.8 Å². The van der Waals surface area contributed by atoms with E-state index in [1.165, 1.54) is 77.7 Å². The third kappa shape index (κ3) is 16.1. The SMILES string of the molecule is CCCCCCCCCCC(Cl)CCCCCCC(=O)OC. The number of halogens is 1. The van der Waals surface area contributed by atoms with Gasteiger partial charge in [-0.05, 0) is 19.3 Å². The minimum atomic E-state index is -0.0927. The molecule has 132 valence electrons. The number of methoxy groups -OCH3 is 1. The van der Waals surface area contributed by atoms with Crippen molar-refractivity contribution >= 4 is 17.6 Å². The van der Waals surface area contributed by atoms with Crippen LogP contribution < -0.4 is 0 Å². The van der Waals surface area contributed by atoms with Crippen LogP contribution in [-0.2, 0) is 9.53 Å². The Labute approximate surface area is 143 Å². The molecule has 3 heteroatoms. The normalized spacial score (nSPS) is 12.3. The van der Waals surface area contributed by atoms with Crippen LogP contribution in [0.3, 0.4) is 0 Å². The minimum Gasteiger partial charge on any atom is -0.469 e. The maximum absolute atomic E-state index is 11.0. The Morgan fingerprint density at radius 3 is 1.77 bits per heavy atom. The van der Waals surface area contributed by atoms with Gasteiger partial charge in [0.15, 0.2) is 0 Å². The summed E-state index contributed by atoms with van der Waals surface area (Å²) < 4.78 is 4.63. The predicted molar refractivity (Wildman–Crippen MR) is 96.6 cm³/mol. The molecule has 1 unspecified atom stereocenters. The predicted octanol–water partition coefficient (Wildman–Crippen LogP) is 6.64. The molecule has 0 amide bonds. The number of hydrogen-bond donors (Lipinski definition) is 0. The smallest absolute Gasteiger partial charge is 0.305 e. The first-order valence-electron chi connectivity index (χ1n) is 9.41. The van der Waals surface area contributed by atoms with Gasteiger partial charge < -0.3 is 4.74 Å². The Morgan fingerprint density at radius 1 is 0.818 bits per heavy atom. The molecule has 0 aliphatic carbocycles.